The number of aromatic hydroxyl groups is 1. The molecule has 0 aliphatic carbocycles. The van der Waals surface area contributed by atoms with Gasteiger partial charge in [0, 0.05) is 5.56 Å². The molecule has 2 aromatic rings. The maximum absolute atomic E-state index is 12.1. The number of benzene rings is 2. The Bertz CT molecular complexity index is 775. The lowest BCUT2D eigenvalue weighted by molar-refractivity contribution is -0.130. The van der Waals surface area contributed by atoms with E-state index in [1.807, 2.05) is 6.07 Å². The molecule has 0 fully saturated rings. The minimum atomic E-state index is -0.795. The summed E-state index contributed by atoms with van der Waals surface area (Å²) in [5.74, 6) is 1.27. The van der Waals surface area contributed by atoms with E-state index in [1.165, 1.54) is 19.4 Å². The number of carbonyl (C=O) groups excluding carboxylic acids is 1. The number of methoxy groups -OCH3 is 1. The SMILES string of the molecule is COc1ccc(O)c(C=NNC(=O)C2COc3ccccc3O2)c1. The van der Waals surface area contributed by atoms with Gasteiger partial charge in [-0.3, -0.25) is 4.79 Å². The zero-order valence-electron chi connectivity index (χ0n) is 12.9. The van der Waals surface area contributed by atoms with Gasteiger partial charge in [0.05, 0.1) is 13.3 Å². The highest BCUT2D eigenvalue weighted by atomic mass is 16.6. The van der Waals surface area contributed by atoms with Gasteiger partial charge in [0.1, 0.15) is 18.1 Å². The monoisotopic (exact) mass is 328 g/mol. The standard InChI is InChI=1S/C17H16N2O5/c1-22-12-6-7-13(20)11(8-12)9-18-19-17(21)16-10-23-14-4-2-3-5-15(14)24-16/h2-9,16,20H,10H2,1H3,(H,19,21). The van der Waals surface area contributed by atoms with Gasteiger partial charge in [-0.1, -0.05) is 12.1 Å². The van der Waals surface area contributed by atoms with E-state index in [0.717, 1.165) is 0 Å². The molecule has 0 saturated heterocycles. The molecule has 24 heavy (non-hydrogen) atoms. The molecule has 0 aromatic heterocycles. The molecule has 124 valence electrons. The summed E-state index contributed by atoms with van der Waals surface area (Å²) in [7, 11) is 1.52. The average Bonchev–Trinajstić information content (AvgIpc) is 2.62. The summed E-state index contributed by atoms with van der Waals surface area (Å²) >= 11 is 0. The van der Waals surface area contributed by atoms with Crippen molar-refractivity contribution >= 4 is 12.1 Å². The number of hydrogen-bond donors (Lipinski definition) is 2. The van der Waals surface area contributed by atoms with Crippen LogP contribution in [0.3, 0.4) is 0 Å². The van der Waals surface area contributed by atoms with Crippen molar-refractivity contribution in [2.24, 2.45) is 5.10 Å². The average molecular weight is 328 g/mol. The zero-order valence-corrected chi connectivity index (χ0v) is 12.9. The summed E-state index contributed by atoms with van der Waals surface area (Å²) in [5.41, 5.74) is 2.79. The topological polar surface area (TPSA) is 89.4 Å². The highest BCUT2D eigenvalue weighted by Gasteiger charge is 2.26. The molecule has 0 spiro atoms. The van der Waals surface area contributed by atoms with Crippen LogP contribution in [0, 0.1) is 0 Å². The third-order valence-corrected chi connectivity index (χ3v) is 3.41. The lowest BCUT2D eigenvalue weighted by Gasteiger charge is -2.24. The lowest BCUT2D eigenvalue weighted by atomic mass is 10.2. The molecule has 2 aromatic carbocycles. The quantitative estimate of drug-likeness (QED) is 0.658. The van der Waals surface area contributed by atoms with Crippen LogP contribution in [0.2, 0.25) is 0 Å². The Morgan fingerprint density at radius 1 is 1.33 bits per heavy atom. The van der Waals surface area contributed by atoms with Crippen molar-refractivity contribution in [1.82, 2.24) is 5.43 Å². The molecular weight excluding hydrogens is 312 g/mol. The molecule has 1 heterocycles. The molecule has 1 aliphatic rings. The second kappa shape index (κ2) is 6.91. The van der Waals surface area contributed by atoms with Gasteiger partial charge in [0.15, 0.2) is 11.5 Å². The van der Waals surface area contributed by atoms with E-state index in [4.69, 9.17) is 14.2 Å². The number of ether oxygens (including phenoxy) is 3. The van der Waals surface area contributed by atoms with Gasteiger partial charge in [-0.25, -0.2) is 5.43 Å². The van der Waals surface area contributed by atoms with E-state index >= 15 is 0 Å². The summed E-state index contributed by atoms with van der Waals surface area (Å²) in [6.07, 6.45) is 0.531. The molecular formula is C17H16N2O5. The van der Waals surface area contributed by atoms with Gasteiger partial charge in [0.25, 0.3) is 5.91 Å². The second-order valence-electron chi connectivity index (χ2n) is 5.02. The number of phenols is 1. The summed E-state index contributed by atoms with van der Waals surface area (Å²) in [6.45, 7) is 0.1000. The van der Waals surface area contributed by atoms with Crippen LogP contribution >= 0.6 is 0 Å². The van der Waals surface area contributed by atoms with Gasteiger partial charge in [0.2, 0.25) is 6.10 Å². The van der Waals surface area contributed by atoms with Gasteiger partial charge in [-0.15, -0.1) is 0 Å². The van der Waals surface area contributed by atoms with Gasteiger partial charge < -0.3 is 19.3 Å². The molecule has 3 rings (SSSR count). The van der Waals surface area contributed by atoms with E-state index in [-0.39, 0.29) is 12.4 Å². The van der Waals surface area contributed by atoms with Crippen LogP contribution in [0.5, 0.6) is 23.0 Å². The predicted molar refractivity (Wildman–Crippen MR) is 86.7 cm³/mol. The van der Waals surface area contributed by atoms with E-state index in [2.05, 4.69) is 10.5 Å². The first-order chi connectivity index (χ1) is 11.7. The predicted octanol–water partition coefficient (Wildman–Crippen LogP) is 1.69. The Morgan fingerprint density at radius 2 is 2.12 bits per heavy atom. The number of nitrogens with zero attached hydrogens (tertiary/aromatic N) is 1. The maximum Gasteiger partial charge on any atom is 0.284 e. The van der Waals surface area contributed by atoms with E-state index < -0.39 is 12.0 Å². The number of hydrogen-bond acceptors (Lipinski definition) is 6. The minimum absolute atomic E-state index is 0.0278. The van der Waals surface area contributed by atoms with Crippen molar-refractivity contribution in [2.45, 2.75) is 6.10 Å². The molecule has 7 nitrogen and oxygen atoms in total. The molecule has 1 atom stereocenters. The number of amides is 1. The molecule has 2 N–H and O–H groups in total. The first kappa shape index (κ1) is 15.7. The lowest BCUT2D eigenvalue weighted by Crippen LogP contribution is -2.42. The van der Waals surface area contributed by atoms with Crippen molar-refractivity contribution in [3.05, 3.63) is 48.0 Å². The summed E-state index contributed by atoms with van der Waals surface area (Å²) in [4.78, 5) is 12.1. The van der Waals surface area contributed by atoms with Gasteiger partial charge >= 0.3 is 0 Å². The smallest absolute Gasteiger partial charge is 0.284 e. The fraction of sp³-hybridized carbons (Fsp3) is 0.176. The number of fused-ring (bicyclic) bond motifs is 1. The van der Waals surface area contributed by atoms with Crippen LogP contribution in [0.15, 0.2) is 47.6 Å². The van der Waals surface area contributed by atoms with Crippen LogP contribution in [0.4, 0.5) is 0 Å². The number of phenolic OH excluding ortho intramolecular Hbond substituents is 1. The molecule has 0 bridgehead atoms. The molecule has 7 heteroatoms. The van der Waals surface area contributed by atoms with Crippen LogP contribution in [-0.2, 0) is 4.79 Å². The Kier molecular flexibility index (Phi) is 4.51. The fourth-order valence-electron chi connectivity index (χ4n) is 2.15. The van der Waals surface area contributed by atoms with Crippen molar-refractivity contribution in [1.29, 1.82) is 0 Å². The Hall–Kier alpha value is -3.22. The Morgan fingerprint density at radius 3 is 2.92 bits per heavy atom. The molecule has 1 aliphatic heterocycles. The first-order valence-electron chi connectivity index (χ1n) is 7.26. The van der Waals surface area contributed by atoms with Gasteiger partial charge in [-0.2, -0.15) is 5.10 Å². The van der Waals surface area contributed by atoms with E-state index in [1.54, 1.807) is 30.3 Å². The number of rotatable bonds is 4. The van der Waals surface area contributed by atoms with Crippen molar-refractivity contribution < 1.29 is 24.1 Å². The third-order valence-electron chi connectivity index (χ3n) is 3.41. The molecule has 1 unspecified atom stereocenters. The van der Waals surface area contributed by atoms with E-state index in [9.17, 15) is 9.90 Å². The van der Waals surface area contributed by atoms with Crippen molar-refractivity contribution in [3.63, 3.8) is 0 Å². The number of nitrogens with one attached hydrogen (secondary N) is 1. The largest absolute Gasteiger partial charge is 0.507 e. The third kappa shape index (κ3) is 3.40. The van der Waals surface area contributed by atoms with E-state index in [0.29, 0.717) is 22.8 Å². The molecule has 0 radical (unpaired) electrons. The first-order valence-corrected chi connectivity index (χ1v) is 7.26. The fourth-order valence-corrected chi connectivity index (χ4v) is 2.15. The maximum atomic E-state index is 12.1. The minimum Gasteiger partial charge on any atom is -0.507 e. The summed E-state index contributed by atoms with van der Waals surface area (Å²) in [6, 6.07) is 11.8. The van der Waals surface area contributed by atoms with Crippen LogP contribution in [0.25, 0.3) is 0 Å². The normalized spacial score (nSPS) is 16.0. The number of carbonyl (C=O) groups is 1. The summed E-state index contributed by atoms with van der Waals surface area (Å²) < 4.78 is 16.1. The number of para-hydroxylation sites is 2. The molecule has 1 amide bonds. The van der Waals surface area contributed by atoms with Crippen molar-refractivity contribution in [3.8, 4) is 23.0 Å². The van der Waals surface area contributed by atoms with Gasteiger partial charge in [-0.05, 0) is 30.3 Å². The zero-order chi connectivity index (χ0) is 16.9. The Labute approximate surface area is 138 Å². The number of hydrazone groups is 1. The van der Waals surface area contributed by atoms with Crippen LogP contribution in [0.1, 0.15) is 5.56 Å². The van der Waals surface area contributed by atoms with Crippen LogP contribution in [-0.4, -0.2) is 37.0 Å². The van der Waals surface area contributed by atoms with Crippen molar-refractivity contribution in [2.75, 3.05) is 13.7 Å². The molecule has 0 saturated carbocycles. The highest BCUT2D eigenvalue weighted by molar-refractivity contribution is 5.87. The summed E-state index contributed by atoms with van der Waals surface area (Å²) in [5, 5.41) is 13.6. The van der Waals surface area contributed by atoms with Crippen LogP contribution < -0.4 is 19.6 Å². The Balaban J connectivity index is 1.62. The second-order valence-corrected chi connectivity index (χ2v) is 5.02. The highest BCUT2D eigenvalue weighted by Crippen LogP contribution is 2.30.